The van der Waals surface area contributed by atoms with E-state index in [1.807, 2.05) is 13.0 Å². The van der Waals surface area contributed by atoms with E-state index in [-0.39, 0.29) is 0 Å². The summed E-state index contributed by atoms with van der Waals surface area (Å²) < 4.78 is 53.8. The third-order valence-electron chi connectivity index (χ3n) is 4.08. The number of benzene rings is 1. The van der Waals surface area contributed by atoms with Gasteiger partial charge in [0.05, 0.1) is 0 Å². The molecule has 0 aliphatic carbocycles. The quantitative estimate of drug-likeness (QED) is 0.535. The minimum Gasteiger partial charge on any atom is -0.321 e. The maximum Gasteiger partial charge on any atom is 0.436 e. The monoisotopic (exact) mass is 383 g/mol. The number of rotatable bonds is 6. The highest BCUT2D eigenvalue weighted by molar-refractivity contribution is 6.06. The lowest BCUT2D eigenvalue weighted by atomic mass is 10.0. The van der Waals surface area contributed by atoms with E-state index in [0.717, 1.165) is 31.9 Å². The molecule has 0 atom stereocenters. The van der Waals surface area contributed by atoms with Crippen LogP contribution in [0.2, 0.25) is 0 Å². The van der Waals surface area contributed by atoms with E-state index in [0.29, 0.717) is 15.9 Å². The van der Waals surface area contributed by atoms with Crippen LogP contribution in [0, 0.1) is 5.95 Å². The van der Waals surface area contributed by atoms with Crippen molar-refractivity contribution in [3.8, 4) is 0 Å². The topological polar surface area (TPSA) is 46.9 Å². The molecule has 0 aliphatic heterocycles. The second-order valence-corrected chi connectivity index (χ2v) is 6.16. The van der Waals surface area contributed by atoms with E-state index in [1.165, 1.54) is 0 Å². The van der Waals surface area contributed by atoms with Gasteiger partial charge in [-0.1, -0.05) is 44.0 Å². The summed E-state index contributed by atoms with van der Waals surface area (Å²) in [4.78, 5) is 12.4. The average Bonchev–Trinajstić information content (AvgIpc) is 2.91. The molecule has 146 valence electrons. The molecule has 0 unspecified atom stereocenters. The molecule has 0 fully saturated rings. The number of alkyl halides is 3. The fourth-order valence-corrected chi connectivity index (χ4v) is 2.66. The maximum absolute atomic E-state index is 14.1. The molecule has 0 radical (unpaired) electrons. The number of carbonyl (C=O) groups excluding carboxylic acids is 1. The Morgan fingerprint density at radius 3 is 2.59 bits per heavy atom. The molecule has 0 saturated heterocycles. The molecule has 1 heterocycles. The molecule has 0 bridgehead atoms. The molecular weight excluding hydrogens is 362 g/mol. The highest BCUT2D eigenvalue weighted by Crippen LogP contribution is 2.33. The van der Waals surface area contributed by atoms with Crippen molar-refractivity contribution in [3.05, 3.63) is 53.1 Å². The Labute approximate surface area is 154 Å². The molecule has 0 aliphatic rings. The Balaban J connectivity index is 2.37. The van der Waals surface area contributed by atoms with Crippen LogP contribution in [0.1, 0.15) is 54.7 Å². The predicted octanol–water partition coefficient (Wildman–Crippen LogP) is 5.42. The van der Waals surface area contributed by atoms with Gasteiger partial charge in [-0.25, -0.2) is 4.68 Å². The number of para-hydroxylation sites is 1. The Hall–Kier alpha value is -2.64. The standard InChI is InChI=1S/C19H21F4N3O/c1-4-5-6-9-12(2)13-10-7-8-11-14(13)24-18(27)15-16(19(21,22)23)25-26(3)17(15)20/h7-11H,4-6H2,1-3H3,(H,24,27). The van der Waals surface area contributed by atoms with Gasteiger partial charge in [-0.3, -0.25) is 4.79 Å². The second-order valence-electron chi connectivity index (χ2n) is 6.16. The van der Waals surface area contributed by atoms with Gasteiger partial charge in [-0.15, -0.1) is 0 Å². The minimum atomic E-state index is -4.94. The normalized spacial score (nSPS) is 12.3. The highest BCUT2D eigenvalue weighted by atomic mass is 19.4. The van der Waals surface area contributed by atoms with Crippen molar-refractivity contribution in [3.63, 3.8) is 0 Å². The average molecular weight is 383 g/mol. The van der Waals surface area contributed by atoms with Crippen LogP contribution in [0.25, 0.3) is 5.57 Å². The number of nitrogens with zero attached hydrogens (tertiary/aromatic N) is 2. The van der Waals surface area contributed by atoms with Crippen LogP contribution in [-0.4, -0.2) is 15.7 Å². The summed E-state index contributed by atoms with van der Waals surface area (Å²) >= 11 is 0. The molecule has 0 saturated carbocycles. The lowest BCUT2D eigenvalue weighted by Gasteiger charge is -2.12. The summed E-state index contributed by atoms with van der Waals surface area (Å²) in [5.41, 5.74) is -0.814. The summed E-state index contributed by atoms with van der Waals surface area (Å²) in [5.74, 6) is -2.53. The number of allylic oxidation sites excluding steroid dienone is 2. The van der Waals surface area contributed by atoms with Crippen molar-refractivity contribution in [1.82, 2.24) is 9.78 Å². The van der Waals surface area contributed by atoms with Crippen molar-refractivity contribution in [2.24, 2.45) is 7.05 Å². The van der Waals surface area contributed by atoms with Crippen molar-refractivity contribution >= 4 is 17.2 Å². The second kappa shape index (κ2) is 8.37. The molecule has 2 aromatic rings. The van der Waals surface area contributed by atoms with Gasteiger partial charge in [-0.05, 0) is 25.0 Å². The zero-order valence-electron chi connectivity index (χ0n) is 15.3. The first kappa shape index (κ1) is 20.7. The van der Waals surface area contributed by atoms with Gasteiger partial charge in [0.25, 0.3) is 5.91 Å². The lowest BCUT2D eigenvalue weighted by molar-refractivity contribution is -0.141. The fourth-order valence-electron chi connectivity index (χ4n) is 2.66. The van der Waals surface area contributed by atoms with Crippen LogP contribution in [0.4, 0.5) is 23.2 Å². The molecule has 1 aromatic carbocycles. The van der Waals surface area contributed by atoms with E-state index >= 15 is 0 Å². The molecule has 0 spiro atoms. The first-order valence-corrected chi connectivity index (χ1v) is 8.54. The number of carbonyl (C=O) groups is 1. The first-order chi connectivity index (χ1) is 12.7. The van der Waals surface area contributed by atoms with Gasteiger partial charge in [0, 0.05) is 18.3 Å². The van der Waals surface area contributed by atoms with Crippen LogP contribution in [0.15, 0.2) is 30.3 Å². The minimum absolute atomic E-state index is 0.309. The Kier molecular flexibility index (Phi) is 6.41. The van der Waals surface area contributed by atoms with Crippen LogP contribution in [0.5, 0.6) is 0 Å². The number of amides is 1. The third-order valence-corrected chi connectivity index (χ3v) is 4.08. The lowest BCUT2D eigenvalue weighted by Crippen LogP contribution is -2.19. The molecule has 8 heteroatoms. The third kappa shape index (κ3) is 4.75. The van der Waals surface area contributed by atoms with Gasteiger partial charge in [0.2, 0.25) is 5.95 Å². The summed E-state index contributed by atoms with van der Waals surface area (Å²) in [7, 11) is 1.01. The molecule has 4 nitrogen and oxygen atoms in total. The summed E-state index contributed by atoms with van der Waals surface area (Å²) in [6.07, 6.45) is -0.0605. The zero-order chi connectivity index (χ0) is 20.2. The number of nitrogens with one attached hydrogen (secondary N) is 1. The SMILES string of the molecule is CCCCC=C(C)c1ccccc1NC(=O)c1c(C(F)(F)F)nn(C)c1F. The zero-order valence-corrected chi connectivity index (χ0v) is 15.3. The van der Waals surface area contributed by atoms with E-state index < -0.39 is 29.3 Å². The van der Waals surface area contributed by atoms with Crippen LogP contribution in [-0.2, 0) is 13.2 Å². The number of anilines is 1. The van der Waals surface area contributed by atoms with Gasteiger partial charge < -0.3 is 5.32 Å². The Morgan fingerprint density at radius 1 is 1.30 bits per heavy atom. The molecule has 1 aromatic heterocycles. The number of aryl methyl sites for hydroxylation is 1. The van der Waals surface area contributed by atoms with E-state index in [9.17, 15) is 22.4 Å². The molecule has 1 N–H and O–H groups in total. The van der Waals surface area contributed by atoms with Crippen molar-refractivity contribution in [2.45, 2.75) is 39.3 Å². The summed E-state index contributed by atoms with van der Waals surface area (Å²) in [6.45, 7) is 3.92. The van der Waals surface area contributed by atoms with Crippen LogP contribution >= 0.6 is 0 Å². The molecular formula is C19H21F4N3O. The van der Waals surface area contributed by atoms with E-state index in [4.69, 9.17) is 0 Å². The Morgan fingerprint density at radius 2 is 1.96 bits per heavy atom. The number of unbranched alkanes of at least 4 members (excludes halogenated alkanes) is 2. The largest absolute Gasteiger partial charge is 0.436 e. The van der Waals surface area contributed by atoms with Crippen LogP contribution in [0.3, 0.4) is 0 Å². The molecule has 2 rings (SSSR count). The predicted molar refractivity (Wildman–Crippen MR) is 95.7 cm³/mol. The highest BCUT2D eigenvalue weighted by Gasteiger charge is 2.41. The van der Waals surface area contributed by atoms with Crippen molar-refractivity contribution in [1.29, 1.82) is 0 Å². The smallest absolute Gasteiger partial charge is 0.321 e. The van der Waals surface area contributed by atoms with E-state index in [1.54, 1.807) is 24.3 Å². The number of aromatic nitrogens is 2. The van der Waals surface area contributed by atoms with Crippen molar-refractivity contribution in [2.75, 3.05) is 5.32 Å². The number of hydrogen-bond donors (Lipinski definition) is 1. The maximum atomic E-state index is 14.1. The van der Waals surface area contributed by atoms with Gasteiger partial charge in [-0.2, -0.15) is 22.7 Å². The summed E-state index contributed by atoms with van der Waals surface area (Å²) in [6, 6.07) is 6.71. The summed E-state index contributed by atoms with van der Waals surface area (Å²) in [5, 5.41) is 5.49. The van der Waals surface area contributed by atoms with Gasteiger partial charge in [0.15, 0.2) is 5.69 Å². The van der Waals surface area contributed by atoms with Gasteiger partial charge >= 0.3 is 6.18 Å². The Bertz CT molecular complexity index is 853. The van der Waals surface area contributed by atoms with Crippen molar-refractivity contribution < 1.29 is 22.4 Å². The van der Waals surface area contributed by atoms with Gasteiger partial charge in [0.1, 0.15) is 5.56 Å². The first-order valence-electron chi connectivity index (χ1n) is 8.54. The number of hydrogen-bond acceptors (Lipinski definition) is 2. The molecule has 27 heavy (non-hydrogen) atoms. The fraction of sp³-hybridized carbons (Fsp3) is 0.368. The van der Waals surface area contributed by atoms with E-state index in [2.05, 4.69) is 17.3 Å². The number of halogens is 4. The molecule has 1 amide bonds. The van der Waals surface area contributed by atoms with Crippen LogP contribution < -0.4 is 5.32 Å².